The largest absolute Gasteiger partial charge is 0.324 e. The van der Waals surface area contributed by atoms with Gasteiger partial charge in [-0.3, -0.25) is 24.1 Å². The van der Waals surface area contributed by atoms with Crippen molar-refractivity contribution in [3.8, 4) is 0 Å². The predicted octanol–water partition coefficient (Wildman–Crippen LogP) is 2.27. The number of nitrogens with zero attached hydrogens (tertiary/aromatic N) is 1. The van der Waals surface area contributed by atoms with E-state index in [1.165, 1.54) is 11.8 Å². The van der Waals surface area contributed by atoms with Gasteiger partial charge in [-0.15, -0.1) is 0 Å². The highest BCUT2D eigenvalue weighted by molar-refractivity contribution is 6.10. The van der Waals surface area contributed by atoms with E-state index in [1.807, 2.05) is 0 Å². The zero-order valence-electron chi connectivity index (χ0n) is 15.8. The van der Waals surface area contributed by atoms with E-state index in [0.717, 1.165) is 6.42 Å². The number of benzene rings is 1. The van der Waals surface area contributed by atoms with Crippen molar-refractivity contribution in [2.75, 3.05) is 5.32 Å². The molecule has 6 nitrogen and oxygen atoms in total. The van der Waals surface area contributed by atoms with E-state index in [0.29, 0.717) is 23.1 Å². The first-order valence-corrected chi connectivity index (χ1v) is 9.85. The van der Waals surface area contributed by atoms with Crippen molar-refractivity contribution in [2.24, 2.45) is 35.5 Å². The Kier molecular flexibility index (Phi) is 3.63. The van der Waals surface area contributed by atoms with Crippen molar-refractivity contribution >= 4 is 29.2 Å². The number of hydrogen-bond donors (Lipinski definition) is 1. The number of ketones is 1. The van der Waals surface area contributed by atoms with Gasteiger partial charge in [0.15, 0.2) is 5.78 Å². The van der Waals surface area contributed by atoms with Crippen LogP contribution in [0.15, 0.2) is 36.4 Å². The van der Waals surface area contributed by atoms with E-state index in [-0.39, 0.29) is 41.3 Å². The quantitative estimate of drug-likeness (QED) is 0.495. The summed E-state index contributed by atoms with van der Waals surface area (Å²) >= 11 is 0. The number of anilines is 1. The molecule has 4 aliphatic carbocycles. The third kappa shape index (κ3) is 2.33. The van der Waals surface area contributed by atoms with Crippen molar-refractivity contribution in [1.82, 2.24) is 4.90 Å². The monoisotopic (exact) mass is 378 g/mol. The number of likely N-dealkylation sites (tertiary alicyclic amines) is 1. The summed E-state index contributed by atoms with van der Waals surface area (Å²) in [6.45, 7) is 3.05. The Balaban J connectivity index is 1.36. The molecule has 0 unspecified atom stereocenters. The highest BCUT2D eigenvalue weighted by atomic mass is 16.2. The number of rotatable bonds is 4. The maximum Gasteiger partial charge on any atom is 0.247 e. The minimum Gasteiger partial charge on any atom is -0.324 e. The first kappa shape index (κ1) is 17.3. The second-order valence-electron chi connectivity index (χ2n) is 8.50. The first-order chi connectivity index (χ1) is 13.4. The zero-order valence-corrected chi connectivity index (χ0v) is 15.8. The van der Waals surface area contributed by atoms with Gasteiger partial charge < -0.3 is 5.32 Å². The lowest BCUT2D eigenvalue weighted by molar-refractivity contribution is -0.146. The molecule has 3 fully saturated rings. The molecule has 1 aromatic carbocycles. The lowest BCUT2D eigenvalue weighted by Gasteiger charge is -2.37. The normalized spacial score (nSPS) is 35.4. The Morgan fingerprint density at radius 3 is 2.25 bits per heavy atom. The van der Waals surface area contributed by atoms with Gasteiger partial charge in [-0.05, 0) is 56.1 Å². The summed E-state index contributed by atoms with van der Waals surface area (Å²) in [5.41, 5.74) is 0.968. The molecule has 0 aromatic heterocycles. The average molecular weight is 378 g/mol. The summed E-state index contributed by atoms with van der Waals surface area (Å²) in [5, 5.41) is 2.74. The Bertz CT molecular complexity index is 916. The molecule has 1 saturated heterocycles. The Hall–Kier alpha value is -2.76. The molecule has 28 heavy (non-hydrogen) atoms. The number of nitrogens with one attached hydrogen (secondary N) is 1. The van der Waals surface area contributed by atoms with Crippen LogP contribution >= 0.6 is 0 Å². The molecule has 2 saturated carbocycles. The van der Waals surface area contributed by atoms with Crippen LogP contribution in [0.5, 0.6) is 0 Å². The predicted molar refractivity (Wildman–Crippen MR) is 101 cm³/mol. The molecule has 2 bridgehead atoms. The van der Waals surface area contributed by atoms with E-state index in [9.17, 15) is 19.2 Å². The van der Waals surface area contributed by atoms with Crippen LogP contribution in [-0.4, -0.2) is 34.4 Å². The molecule has 144 valence electrons. The Labute approximate surface area is 163 Å². The molecular weight excluding hydrogens is 356 g/mol. The number of Topliss-reactive ketones (excluding diaryl/α,β-unsaturated/α-hetero) is 1. The fraction of sp³-hybridized carbons (Fsp3) is 0.455. The lowest BCUT2D eigenvalue weighted by Crippen LogP contribution is -2.46. The third-order valence-corrected chi connectivity index (χ3v) is 7.00. The van der Waals surface area contributed by atoms with Gasteiger partial charge in [0.05, 0.1) is 11.8 Å². The van der Waals surface area contributed by atoms with Crippen LogP contribution in [-0.2, 0) is 14.4 Å². The molecule has 6 rings (SSSR count). The van der Waals surface area contributed by atoms with Crippen molar-refractivity contribution in [3.05, 3.63) is 42.0 Å². The summed E-state index contributed by atoms with van der Waals surface area (Å²) in [5.74, 6) is -0.193. The molecule has 1 aliphatic heterocycles. The van der Waals surface area contributed by atoms with Crippen LogP contribution < -0.4 is 5.32 Å². The standard InChI is InChI=1S/C22H22N2O4/c1-10(20(26)23-13-5-3-4-12(8-13)11(2)25)24-21(27)18-14-6-7-15(17-9-16(14)17)19(18)22(24)28/h3-8,10,14-19H,9H2,1-2H3,(H,23,26)/t10-,14-,15-,16-,17-,18+,19+/m1/s1. The summed E-state index contributed by atoms with van der Waals surface area (Å²) < 4.78 is 0. The number of hydrogen-bond acceptors (Lipinski definition) is 4. The number of carbonyl (C=O) groups is 4. The maximum atomic E-state index is 13.1. The van der Waals surface area contributed by atoms with Gasteiger partial charge in [-0.2, -0.15) is 0 Å². The van der Waals surface area contributed by atoms with Crippen LogP contribution in [0, 0.1) is 35.5 Å². The van der Waals surface area contributed by atoms with Crippen molar-refractivity contribution < 1.29 is 19.2 Å². The van der Waals surface area contributed by atoms with E-state index >= 15 is 0 Å². The molecule has 1 heterocycles. The van der Waals surface area contributed by atoms with Crippen LogP contribution in [0.4, 0.5) is 5.69 Å². The van der Waals surface area contributed by atoms with Gasteiger partial charge in [0.2, 0.25) is 17.7 Å². The first-order valence-electron chi connectivity index (χ1n) is 9.85. The minimum atomic E-state index is -0.887. The Morgan fingerprint density at radius 2 is 1.68 bits per heavy atom. The SMILES string of the molecule is CC(=O)c1cccc(NC(=O)[C@@H](C)N2C(=O)[C@H]3[C@@H]4C=C[C@H]([C@H]5C[C@H]45)[C@@H]3C2=O)c1. The fourth-order valence-corrected chi connectivity index (χ4v) is 5.54. The maximum absolute atomic E-state index is 13.1. The lowest BCUT2D eigenvalue weighted by atomic mass is 9.63. The van der Waals surface area contributed by atoms with Gasteiger partial charge in [0.25, 0.3) is 0 Å². The molecule has 7 atom stereocenters. The average Bonchev–Trinajstić information content (AvgIpc) is 3.45. The highest BCUT2D eigenvalue weighted by Gasteiger charge is 2.67. The topological polar surface area (TPSA) is 83.6 Å². The van der Waals surface area contributed by atoms with Gasteiger partial charge in [-0.25, -0.2) is 0 Å². The molecule has 5 aliphatic rings. The molecule has 6 heteroatoms. The highest BCUT2D eigenvalue weighted by Crippen LogP contribution is 2.65. The molecular formula is C22H22N2O4. The second kappa shape index (κ2) is 5.87. The smallest absolute Gasteiger partial charge is 0.247 e. The Morgan fingerprint density at radius 1 is 1.07 bits per heavy atom. The molecule has 0 radical (unpaired) electrons. The van der Waals surface area contributed by atoms with E-state index in [2.05, 4.69) is 17.5 Å². The number of amides is 3. The van der Waals surface area contributed by atoms with Crippen LogP contribution in [0.1, 0.15) is 30.6 Å². The zero-order chi connectivity index (χ0) is 19.7. The van der Waals surface area contributed by atoms with Crippen molar-refractivity contribution in [2.45, 2.75) is 26.3 Å². The molecule has 1 aromatic rings. The van der Waals surface area contributed by atoms with Crippen molar-refractivity contribution in [3.63, 3.8) is 0 Å². The van der Waals surface area contributed by atoms with Crippen LogP contribution in [0.25, 0.3) is 0 Å². The van der Waals surface area contributed by atoms with E-state index in [1.54, 1.807) is 31.2 Å². The van der Waals surface area contributed by atoms with Crippen molar-refractivity contribution in [1.29, 1.82) is 0 Å². The summed E-state index contributed by atoms with van der Waals surface area (Å²) in [4.78, 5) is 51.7. The van der Waals surface area contributed by atoms with Crippen LogP contribution in [0.3, 0.4) is 0 Å². The second-order valence-corrected chi connectivity index (χ2v) is 8.50. The van der Waals surface area contributed by atoms with Gasteiger partial charge in [-0.1, -0.05) is 24.3 Å². The summed E-state index contributed by atoms with van der Waals surface area (Å²) in [7, 11) is 0. The molecule has 0 spiro atoms. The minimum absolute atomic E-state index is 0.0975. The molecule has 3 amide bonds. The van der Waals surface area contributed by atoms with Crippen LogP contribution in [0.2, 0.25) is 0 Å². The fourth-order valence-electron chi connectivity index (χ4n) is 5.54. The van der Waals surface area contributed by atoms with E-state index in [4.69, 9.17) is 0 Å². The third-order valence-electron chi connectivity index (χ3n) is 7.00. The number of carbonyl (C=O) groups excluding carboxylic acids is 4. The molecule has 1 N–H and O–H groups in total. The van der Waals surface area contributed by atoms with Gasteiger partial charge in [0.1, 0.15) is 6.04 Å². The summed E-state index contributed by atoms with van der Waals surface area (Å²) in [6, 6.07) is 5.75. The van der Waals surface area contributed by atoms with Gasteiger partial charge in [0, 0.05) is 11.3 Å². The van der Waals surface area contributed by atoms with E-state index < -0.39 is 11.9 Å². The number of allylic oxidation sites excluding steroid dienone is 2. The summed E-state index contributed by atoms with van der Waals surface area (Å²) in [6.07, 6.45) is 5.35. The number of imide groups is 1. The van der Waals surface area contributed by atoms with Gasteiger partial charge >= 0.3 is 0 Å².